The van der Waals surface area contributed by atoms with Gasteiger partial charge in [0.1, 0.15) is 0 Å². The van der Waals surface area contributed by atoms with Crippen LogP contribution in [-0.2, 0) is 20.1 Å². The Kier molecular flexibility index (Phi) is 6.15. The maximum absolute atomic E-state index is 12.9. The fraction of sp³-hybridized carbons (Fsp3) is 0.105. The Labute approximate surface area is 278 Å². The fourth-order valence-electron chi connectivity index (χ4n) is 4.14. The van der Waals surface area contributed by atoms with E-state index in [9.17, 15) is 4.39 Å². The topological polar surface area (TPSA) is 25.8 Å². The number of hydrogen-bond donors (Lipinski definition) is 0. The standard InChI is InChI=1S/C25H20N.C13H11FN.Ir/c1-18-15-22(20-9-5-3-6-10-20)13-14-23(18)24-16-25(26-17-19(24)2)21-11-7-4-8-12-21;1-9-7-13(15-8-10(9)2)11-3-5-12(14)6-4-11;/h3-11,13-17H,1-2H3;3,5-8H,1-2H3;/q2*-1;/i2*1D3,2D3;. The monoisotopic (exact) mass is 739 g/mol. The first-order valence-corrected chi connectivity index (χ1v) is 12.6. The van der Waals surface area contributed by atoms with Gasteiger partial charge in [0.25, 0.3) is 0 Å². The number of rotatable bonds is 4. The SMILES string of the molecule is [2H]C([2H])([2H])c1cnc(-c2[c-]cc(F)cc2)cc1C([2H])([2H])[2H].[2H]C([2H])([2H])c1cnc(-c2[c-]cccc2)cc1-c1ccc(-c2ccccc2)cc1C([2H])([2H])[2H].[Ir]. The summed E-state index contributed by atoms with van der Waals surface area (Å²) in [6.45, 7) is -10.0. The van der Waals surface area contributed by atoms with E-state index in [0.717, 1.165) is 23.4 Å². The third-order valence-corrected chi connectivity index (χ3v) is 6.26. The van der Waals surface area contributed by atoms with Crippen molar-refractivity contribution in [2.24, 2.45) is 0 Å². The smallest absolute Gasteiger partial charge is 0.0379 e. The molecule has 0 unspecified atom stereocenters. The molecular formula is C38H31FIrN2-2. The molecule has 4 heteroatoms. The maximum Gasteiger partial charge on any atom is 0.0379 e. The van der Waals surface area contributed by atoms with Crippen LogP contribution >= 0.6 is 0 Å². The normalized spacial score (nSPS) is 15.7. The van der Waals surface area contributed by atoms with E-state index in [4.69, 9.17) is 16.4 Å². The molecule has 0 saturated carbocycles. The Morgan fingerprint density at radius 2 is 1.31 bits per heavy atom. The van der Waals surface area contributed by atoms with Gasteiger partial charge in [0.15, 0.2) is 0 Å². The van der Waals surface area contributed by atoms with Crippen LogP contribution in [-0.4, -0.2) is 9.97 Å². The van der Waals surface area contributed by atoms with E-state index in [2.05, 4.69) is 22.1 Å². The Hall–Kier alpha value is -4.24. The molecule has 0 N–H and O–H groups in total. The van der Waals surface area contributed by atoms with E-state index in [1.807, 2.05) is 54.6 Å². The van der Waals surface area contributed by atoms with E-state index >= 15 is 0 Å². The summed E-state index contributed by atoms with van der Waals surface area (Å²) in [5.74, 6) is -0.478. The van der Waals surface area contributed by atoms with Gasteiger partial charge in [-0.1, -0.05) is 66.2 Å². The van der Waals surface area contributed by atoms with Gasteiger partial charge in [-0.25, -0.2) is 0 Å². The van der Waals surface area contributed by atoms with Crippen molar-refractivity contribution in [2.75, 3.05) is 0 Å². The zero-order valence-corrected chi connectivity index (χ0v) is 24.5. The van der Waals surface area contributed by atoms with Gasteiger partial charge in [-0.3, -0.25) is 4.39 Å². The predicted octanol–water partition coefficient (Wildman–Crippen LogP) is 9.80. The number of aryl methyl sites for hydroxylation is 4. The van der Waals surface area contributed by atoms with Gasteiger partial charge >= 0.3 is 0 Å². The van der Waals surface area contributed by atoms with Gasteiger partial charge in [-0.05, 0) is 77.7 Å². The third-order valence-electron chi connectivity index (χ3n) is 6.26. The van der Waals surface area contributed by atoms with Crippen LogP contribution in [0.2, 0.25) is 0 Å². The Balaban J connectivity index is 0.000000257. The van der Waals surface area contributed by atoms with E-state index < -0.39 is 33.2 Å². The molecule has 0 saturated heterocycles. The molecule has 0 aliphatic rings. The summed E-state index contributed by atoms with van der Waals surface area (Å²) in [6.07, 6.45) is 2.34. The first kappa shape index (κ1) is 18.3. The van der Waals surface area contributed by atoms with Crippen LogP contribution in [0.15, 0.2) is 116 Å². The molecule has 0 aliphatic carbocycles. The van der Waals surface area contributed by atoms with Gasteiger partial charge in [0.05, 0.1) is 0 Å². The minimum absolute atomic E-state index is 0. The van der Waals surface area contributed by atoms with Gasteiger partial charge in [0, 0.05) is 54.8 Å². The van der Waals surface area contributed by atoms with Crippen molar-refractivity contribution in [3.8, 4) is 44.8 Å². The molecule has 0 aliphatic heterocycles. The molecule has 6 rings (SSSR count). The molecule has 0 atom stereocenters. The van der Waals surface area contributed by atoms with Gasteiger partial charge < -0.3 is 9.97 Å². The maximum atomic E-state index is 12.9. The van der Waals surface area contributed by atoms with Crippen LogP contribution < -0.4 is 0 Å². The molecule has 0 amide bonds. The van der Waals surface area contributed by atoms with Crippen molar-refractivity contribution < 1.29 is 40.9 Å². The summed E-state index contributed by atoms with van der Waals surface area (Å²) in [4.78, 5) is 8.28. The van der Waals surface area contributed by atoms with Crippen molar-refractivity contribution in [3.63, 3.8) is 0 Å². The molecule has 6 aromatic rings. The molecule has 4 aromatic carbocycles. The predicted molar refractivity (Wildman–Crippen MR) is 167 cm³/mol. The van der Waals surface area contributed by atoms with Crippen LogP contribution in [0.25, 0.3) is 44.8 Å². The number of hydrogen-bond acceptors (Lipinski definition) is 2. The quantitative estimate of drug-likeness (QED) is 0.168. The minimum atomic E-state index is -2.58. The summed E-state index contributed by atoms with van der Waals surface area (Å²) in [7, 11) is 0. The molecule has 2 heterocycles. The summed E-state index contributed by atoms with van der Waals surface area (Å²) in [5, 5.41) is 0. The van der Waals surface area contributed by atoms with Crippen molar-refractivity contribution in [3.05, 3.63) is 156 Å². The molecule has 42 heavy (non-hydrogen) atoms. The molecule has 2 nitrogen and oxygen atoms in total. The number of pyridine rings is 2. The summed E-state index contributed by atoms with van der Waals surface area (Å²) in [5.41, 5.74) is 3.67. The van der Waals surface area contributed by atoms with Crippen LogP contribution in [0.3, 0.4) is 0 Å². The zero-order valence-electron chi connectivity index (χ0n) is 34.1. The Morgan fingerprint density at radius 1 is 0.595 bits per heavy atom. The van der Waals surface area contributed by atoms with Crippen molar-refractivity contribution in [1.82, 2.24) is 9.97 Å². The third kappa shape index (κ3) is 7.33. The molecule has 0 spiro atoms. The number of aromatic nitrogens is 2. The van der Waals surface area contributed by atoms with Crippen molar-refractivity contribution >= 4 is 0 Å². The largest absolute Gasteiger partial charge is 0.304 e. The van der Waals surface area contributed by atoms with E-state index in [0.29, 0.717) is 27.9 Å². The van der Waals surface area contributed by atoms with Gasteiger partial charge in [-0.2, -0.15) is 0 Å². The second kappa shape index (κ2) is 14.1. The molecule has 2 aromatic heterocycles. The first-order valence-electron chi connectivity index (χ1n) is 18.6. The summed E-state index contributed by atoms with van der Waals surface area (Å²) >= 11 is 0. The van der Waals surface area contributed by atoms with E-state index in [1.54, 1.807) is 24.3 Å². The first-order chi connectivity index (χ1) is 24.7. The van der Waals surface area contributed by atoms with Crippen LogP contribution in [0.5, 0.6) is 0 Å². The average molecular weight is 739 g/mol. The summed E-state index contributed by atoms with van der Waals surface area (Å²) in [6, 6.07) is 34.1. The van der Waals surface area contributed by atoms with Crippen LogP contribution in [0.4, 0.5) is 4.39 Å². The minimum Gasteiger partial charge on any atom is -0.304 e. The number of halogens is 1. The number of nitrogens with zero attached hydrogens (tertiary/aromatic N) is 2. The molecule has 0 fully saturated rings. The van der Waals surface area contributed by atoms with Crippen molar-refractivity contribution in [2.45, 2.75) is 27.4 Å². The van der Waals surface area contributed by atoms with Crippen LogP contribution in [0.1, 0.15) is 38.7 Å². The second-order valence-electron chi connectivity index (χ2n) is 9.05. The Bertz CT molecular complexity index is 2180. The zero-order chi connectivity index (χ0) is 38.8. The Morgan fingerprint density at radius 3 is 2.00 bits per heavy atom. The van der Waals surface area contributed by atoms with Gasteiger partial charge in [-0.15, -0.1) is 65.7 Å². The van der Waals surface area contributed by atoms with Crippen LogP contribution in [0, 0.1) is 45.4 Å². The average Bonchev–Trinajstić information content (AvgIpc) is 3.11. The van der Waals surface area contributed by atoms with E-state index in [1.165, 1.54) is 24.4 Å². The van der Waals surface area contributed by atoms with E-state index in [-0.39, 0.29) is 48.1 Å². The molecular weight excluding hydrogens is 696 g/mol. The second-order valence-corrected chi connectivity index (χ2v) is 9.05. The molecule has 0 bridgehead atoms. The molecule has 211 valence electrons. The fourth-order valence-corrected chi connectivity index (χ4v) is 4.14. The summed E-state index contributed by atoms with van der Waals surface area (Å²) < 4.78 is 106. The van der Waals surface area contributed by atoms with Crippen molar-refractivity contribution in [1.29, 1.82) is 0 Å². The van der Waals surface area contributed by atoms with Gasteiger partial charge in [0.2, 0.25) is 0 Å². The number of benzene rings is 4. The molecule has 1 radical (unpaired) electrons.